The van der Waals surface area contributed by atoms with Crippen LogP contribution in [0.1, 0.15) is 20.7 Å². The topological polar surface area (TPSA) is 134 Å². The van der Waals surface area contributed by atoms with Crippen molar-refractivity contribution in [3.63, 3.8) is 0 Å². The molecule has 0 saturated carbocycles. The van der Waals surface area contributed by atoms with Crippen molar-refractivity contribution < 1.29 is 24.3 Å². The molecule has 9 heteroatoms. The van der Waals surface area contributed by atoms with Crippen LogP contribution in [0.25, 0.3) is 0 Å². The van der Waals surface area contributed by atoms with Crippen LogP contribution in [-0.2, 0) is 9.63 Å². The number of nitrogens with zero attached hydrogens (tertiary/aromatic N) is 2. The van der Waals surface area contributed by atoms with Crippen molar-refractivity contribution in [1.82, 2.24) is 0 Å². The molecule has 0 aliphatic carbocycles. The minimum Gasteiger partial charge on any atom is -0.478 e. The van der Waals surface area contributed by atoms with Gasteiger partial charge in [-0.1, -0.05) is 66.7 Å². The lowest BCUT2D eigenvalue weighted by Crippen LogP contribution is -2.39. The Morgan fingerprint density at radius 3 is 1.92 bits per heavy atom. The van der Waals surface area contributed by atoms with Gasteiger partial charge in [-0.2, -0.15) is 0 Å². The van der Waals surface area contributed by atoms with Gasteiger partial charge in [0, 0.05) is 5.69 Å². The number of anilines is 2. The van der Waals surface area contributed by atoms with Crippen LogP contribution in [0.3, 0.4) is 0 Å². The lowest BCUT2D eigenvalue weighted by atomic mass is 10.1. The van der Waals surface area contributed by atoms with Gasteiger partial charge in [-0.3, -0.25) is 0 Å². The molecule has 0 aliphatic heterocycles. The van der Waals surface area contributed by atoms with E-state index in [1.807, 2.05) is 36.4 Å². The molecule has 0 aromatic heterocycles. The molecule has 0 fully saturated rings. The van der Waals surface area contributed by atoms with Gasteiger partial charge >= 0.3 is 11.9 Å². The monoisotopic (exact) mass is 510 g/mol. The quantitative estimate of drug-likeness (QED) is 0.138. The Hall–Kier alpha value is -5.44. The van der Waals surface area contributed by atoms with Crippen molar-refractivity contribution in [3.05, 3.63) is 126 Å². The summed E-state index contributed by atoms with van der Waals surface area (Å²) >= 11 is 0. The maximum Gasteiger partial charge on any atom is 0.364 e. The molecule has 0 heterocycles. The summed E-state index contributed by atoms with van der Waals surface area (Å²) in [5.41, 5.74) is 7.84. The minimum absolute atomic E-state index is 0.0847. The SMILES string of the molecule is NC(=Nc1ccccc1)N(OC(=O)c1ccccc1C(=O)O)c1ccccc1.O=CCNc1ccccc1. The Bertz CT molecular complexity index is 1360. The maximum atomic E-state index is 12.7. The van der Waals surface area contributed by atoms with Gasteiger partial charge in [0.05, 0.1) is 29.0 Å². The number of carbonyl (C=O) groups is 3. The van der Waals surface area contributed by atoms with E-state index < -0.39 is 11.9 Å². The fourth-order valence-electron chi connectivity index (χ4n) is 3.17. The first-order valence-electron chi connectivity index (χ1n) is 11.5. The predicted octanol–water partition coefficient (Wildman–Crippen LogP) is 4.91. The number of para-hydroxylation sites is 3. The highest BCUT2D eigenvalue weighted by Gasteiger charge is 2.22. The minimum atomic E-state index is -1.23. The van der Waals surface area contributed by atoms with Crippen LogP contribution in [0.4, 0.5) is 17.1 Å². The van der Waals surface area contributed by atoms with Gasteiger partial charge in [0.15, 0.2) is 0 Å². The normalized spacial score (nSPS) is 10.4. The number of hydrogen-bond acceptors (Lipinski definition) is 6. The number of hydroxylamine groups is 1. The number of rotatable bonds is 7. The summed E-state index contributed by atoms with van der Waals surface area (Å²) in [6.45, 7) is 0.379. The fraction of sp³-hybridized carbons (Fsp3) is 0.0345. The Balaban J connectivity index is 0.000000336. The summed E-state index contributed by atoms with van der Waals surface area (Å²) in [6.07, 6.45) is 0.840. The van der Waals surface area contributed by atoms with Crippen LogP contribution < -0.4 is 16.1 Å². The molecule has 0 aliphatic rings. The lowest BCUT2D eigenvalue weighted by Gasteiger charge is -2.22. The van der Waals surface area contributed by atoms with Crippen molar-refractivity contribution in [2.75, 3.05) is 16.9 Å². The van der Waals surface area contributed by atoms with Gasteiger partial charge in [0.2, 0.25) is 5.96 Å². The summed E-state index contributed by atoms with van der Waals surface area (Å²) < 4.78 is 0. The van der Waals surface area contributed by atoms with Crippen LogP contribution in [-0.4, -0.2) is 35.8 Å². The second-order valence-corrected chi connectivity index (χ2v) is 7.58. The number of carboxylic acids is 1. The third kappa shape index (κ3) is 8.06. The highest BCUT2D eigenvalue weighted by molar-refractivity contribution is 6.04. The van der Waals surface area contributed by atoms with Gasteiger partial charge in [0.25, 0.3) is 0 Å². The molecular formula is C29H26N4O5. The Labute approximate surface area is 219 Å². The Morgan fingerprint density at radius 2 is 1.34 bits per heavy atom. The first-order valence-corrected chi connectivity index (χ1v) is 11.5. The van der Waals surface area contributed by atoms with Crippen LogP contribution in [0, 0.1) is 0 Å². The average molecular weight is 511 g/mol. The molecular weight excluding hydrogens is 484 g/mol. The number of aliphatic imine (C=N–C) groups is 1. The molecule has 0 saturated heterocycles. The molecule has 38 heavy (non-hydrogen) atoms. The summed E-state index contributed by atoms with van der Waals surface area (Å²) in [7, 11) is 0. The standard InChI is InChI=1S/C21H17N3O4.C8H9NO/c22-21(23-15-9-3-1-4-10-15)24(16-11-5-2-6-12-16)28-20(27)18-14-8-7-13-17(18)19(25)26;10-7-6-9-8-4-2-1-3-5-8/h1-14H,(H2,22,23)(H,25,26);1-5,7,9H,6H2. The number of benzene rings is 4. The third-order valence-electron chi connectivity index (χ3n) is 4.91. The molecule has 4 N–H and O–H groups in total. The average Bonchev–Trinajstić information content (AvgIpc) is 2.96. The smallest absolute Gasteiger partial charge is 0.364 e. The zero-order valence-corrected chi connectivity index (χ0v) is 20.3. The number of nitrogens with two attached hydrogens (primary N) is 1. The van der Waals surface area contributed by atoms with Gasteiger partial charge in [-0.15, -0.1) is 5.06 Å². The summed E-state index contributed by atoms with van der Waals surface area (Å²) in [5.74, 6) is -2.18. The van der Waals surface area contributed by atoms with E-state index in [1.54, 1.807) is 60.7 Å². The van der Waals surface area contributed by atoms with Crippen LogP contribution >= 0.6 is 0 Å². The molecule has 4 rings (SSSR count). The largest absolute Gasteiger partial charge is 0.478 e. The third-order valence-corrected chi connectivity index (χ3v) is 4.91. The molecule has 0 atom stereocenters. The second-order valence-electron chi connectivity index (χ2n) is 7.58. The second kappa shape index (κ2) is 14.2. The molecule has 0 bridgehead atoms. The number of carbonyl (C=O) groups excluding carboxylic acids is 2. The summed E-state index contributed by atoms with van der Waals surface area (Å²) in [6, 6.07) is 33.0. The lowest BCUT2D eigenvalue weighted by molar-refractivity contribution is -0.106. The van der Waals surface area contributed by atoms with E-state index in [-0.39, 0.29) is 17.1 Å². The van der Waals surface area contributed by atoms with E-state index in [4.69, 9.17) is 10.6 Å². The summed E-state index contributed by atoms with van der Waals surface area (Å²) in [4.78, 5) is 43.7. The number of aldehydes is 1. The van der Waals surface area contributed by atoms with Gasteiger partial charge in [-0.25, -0.2) is 14.6 Å². The van der Waals surface area contributed by atoms with E-state index in [0.717, 1.165) is 17.0 Å². The van der Waals surface area contributed by atoms with Gasteiger partial charge in [0.1, 0.15) is 6.29 Å². The Morgan fingerprint density at radius 1 is 0.816 bits per heavy atom. The zero-order chi connectivity index (χ0) is 27.2. The molecule has 9 nitrogen and oxygen atoms in total. The van der Waals surface area contributed by atoms with Crippen molar-refractivity contribution >= 4 is 41.2 Å². The fourth-order valence-corrected chi connectivity index (χ4v) is 3.17. The highest BCUT2D eigenvalue weighted by atomic mass is 16.7. The van der Waals surface area contributed by atoms with Gasteiger partial charge < -0.3 is 25.8 Å². The van der Waals surface area contributed by atoms with Gasteiger partial charge in [-0.05, 0) is 48.5 Å². The van der Waals surface area contributed by atoms with Crippen molar-refractivity contribution in [2.24, 2.45) is 10.7 Å². The molecule has 4 aromatic carbocycles. The van der Waals surface area contributed by atoms with E-state index in [9.17, 15) is 19.5 Å². The van der Waals surface area contributed by atoms with E-state index in [2.05, 4.69) is 10.3 Å². The number of hydrogen-bond donors (Lipinski definition) is 3. The van der Waals surface area contributed by atoms with E-state index in [0.29, 0.717) is 17.9 Å². The zero-order valence-electron chi connectivity index (χ0n) is 20.3. The van der Waals surface area contributed by atoms with E-state index >= 15 is 0 Å². The Kier molecular flexibility index (Phi) is 10.1. The first-order chi connectivity index (χ1) is 18.5. The summed E-state index contributed by atoms with van der Waals surface area (Å²) in [5, 5.41) is 13.3. The molecule has 0 spiro atoms. The number of aromatic carboxylic acids is 1. The highest BCUT2D eigenvalue weighted by Crippen LogP contribution is 2.19. The predicted molar refractivity (Wildman–Crippen MR) is 146 cm³/mol. The van der Waals surface area contributed by atoms with Crippen molar-refractivity contribution in [3.8, 4) is 0 Å². The molecule has 192 valence electrons. The number of carboxylic acid groups (broad SMARTS) is 1. The van der Waals surface area contributed by atoms with Crippen molar-refractivity contribution in [1.29, 1.82) is 0 Å². The maximum absolute atomic E-state index is 12.7. The molecule has 0 radical (unpaired) electrons. The molecule has 0 amide bonds. The van der Waals surface area contributed by atoms with Crippen LogP contribution in [0.2, 0.25) is 0 Å². The number of nitrogens with one attached hydrogen (secondary N) is 1. The van der Waals surface area contributed by atoms with Crippen LogP contribution in [0.15, 0.2) is 120 Å². The van der Waals surface area contributed by atoms with Crippen LogP contribution in [0.5, 0.6) is 0 Å². The molecule has 4 aromatic rings. The van der Waals surface area contributed by atoms with E-state index in [1.165, 1.54) is 18.2 Å². The van der Waals surface area contributed by atoms with Crippen molar-refractivity contribution in [2.45, 2.75) is 0 Å². The first kappa shape index (κ1) is 27.2. The molecule has 0 unspecified atom stereocenters. The number of guanidine groups is 1.